The molecule has 8 nitrogen and oxygen atoms in total. The summed E-state index contributed by atoms with van der Waals surface area (Å²) in [5, 5.41) is 9.27. The van der Waals surface area contributed by atoms with Crippen LogP contribution in [0.3, 0.4) is 0 Å². The second-order valence-corrected chi connectivity index (χ2v) is 11.5. The standard InChI is InChI=1S/C24H32N4O4S/c1-17-6-5-8-21(18(17)2)28-16-20(14-23(28)29)24(30)26-10-12-27(13-11-26)33(31,32)22-9-4-3-7-19(22)15-25/h3-4,7,9,17-18,20-21H,5-6,8,10-14,16H2,1-2H3/t17-,18+,20-,21+/m1/s1. The molecule has 4 atom stereocenters. The zero-order valence-corrected chi connectivity index (χ0v) is 20.1. The molecule has 1 aromatic carbocycles. The van der Waals surface area contributed by atoms with Crippen LogP contribution in [0.5, 0.6) is 0 Å². The molecular formula is C24H32N4O4S. The lowest BCUT2D eigenvalue weighted by atomic mass is 9.77. The van der Waals surface area contributed by atoms with Gasteiger partial charge in [0.1, 0.15) is 6.07 Å². The lowest BCUT2D eigenvalue weighted by Crippen LogP contribution is -2.52. The Morgan fingerprint density at radius 3 is 2.48 bits per heavy atom. The smallest absolute Gasteiger partial charge is 0.244 e. The highest BCUT2D eigenvalue weighted by molar-refractivity contribution is 7.89. The first-order chi connectivity index (χ1) is 15.7. The van der Waals surface area contributed by atoms with Crippen molar-refractivity contribution in [2.45, 2.75) is 50.5 Å². The maximum atomic E-state index is 13.2. The highest BCUT2D eigenvalue weighted by atomic mass is 32.2. The molecule has 3 fully saturated rings. The van der Waals surface area contributed by atoms with Crippen LogP contribution in [0.25, 0.3) is 0 Å². The van der Waals surface area contributed by atoms with Crippen LogP contribution in [-0.4, -0.2) is 73.1 Å². The fraction of sp³-hybridized carbons (Fsp3) is 0.625. The first-order valence-electron chi connectivity index (χ1n) is 11.8. The zero-order valence-electron chi connectivity index (χ0n) is 19.3. The van der Waals surface area contributed by atoms with Crippen LogP contribution in [-0.2, 0) is 19.6 Å². The van der Waals surface area contributed by atoms with E-state index in [1.54, 1.807) is 17.0 Å². The lowest BCUT2D eigenvalue weighted by molar-refractivity contribution is -0.137. The molecule has 2 amide bonds. The van der Waals surface area contributed by atoms with E-state index >= 15 is 0 Å². The third-order valence-corrected chi connectivity index (χ3v) is 9.70. The second-order valence-electron chi connectivity index (χ2n) is 9.62. The Labute approximate surface area is 196 Å². The van der Waals surface area contributed by atoms with E-state index in [1.807, 2.05) is 11.0 Å². The van der Waals surface area contributed by atoms with E-state index in [0.717, 1.165) is 12.8 Å². The molecule has 2 aliphatic heterocycles. The molecule has 178 valence electrons. The van der Waals surface area contributed by atoms with Crippen molar-refractivity contribution >= 4 is 21.8 Å². The van der Waals surface area contributed by atoms with E-state index in [4.69, 9.17) is 0 Å². The predicted molar refractivity (Wildman–Crippen MR) is 122 cm³/mol. The molecule has 0 spiro atoms. The number of benzene rings is 1. The highest BCUT2D eigenvalue weighted by Crippen LogP contribution is 2.36. The number of carbonyl (C=O) groups excluding carboxylic acids is 2. The summed E-state index contributed by atoms with van der Waals surface area (Å²) in [6.45, 7) is 5.84. The normalized spacial score (nSPS) is 29.2. The number of hydrogen-bond donors (Lipinski definition) is 0. The van der Waals surface area contributed by atoms with Crippen molar-refractivity contribution in [3.8, 4) is 6.07 Å². The number of sulfonamides is 1. The SMILES string of the molecule is C[C@H]1[C@H](C)CCC[C@@H]1N1C[C@H](C(=O)N2CCN(S(=O)(=O)c3ccccc3C#N)CC2)CC1=O. The third-order valence-electron chi connectivity index (χ3n) is 7.75. The van der Waals surface area contributed by atoms with E-state index in [-0.39, 0.29) is 66.8 Å². The molecule has 0 N–H and O–H groups in total. The average Bonchev–Trinajstić information content (AvgIpc) is 3.21. The Hall–Kier alpha value is -2.44. The predicted octanol–water partition coefficient (Wildman–Crippen LogP) is 2.06. The quantitative estimate of drug-likeness (QED) is 0.668. The highest BCUT2D eigenvalue weighted by Gasteiger charge is 2.43. The Balaban J connectivity index is 1.38. The van der Waals surface area contributed by atoms with Crippen LogP contribution in [0.4, 0.5) is 0 Å². The number of rotatable bonds is 4. The molecule has 1 aromatic rings. The summed E-state index contributed by atoms with van der Waals surface area (Å²) in [4.78, 5) is 29.6. The summed E-state index contributed by atoms with van der Waals surface area (Å²) in [5.41, 5.74) is 0.117. The first-order valence-corrected chi connectivity index (χ1v) is 13.3. The molecule has 0 radical (unpaired) electrons. The van der Waals surface area contributed by atoms with Crippen molar-refractivity contribution in [3.05, 3.63) is 29.8 Å². The Morgan fingerprint density at radius 2 is 1.79 bits per heavy atom. The number of hydrogen-bond acceptors (Lipinski definition) is 5. The number of nitriles is 1. The van der Waals surface area contributed by atoms with Crippen LogP contribution < -0.4 is 0 Å². The maximum absolute atomic E-state index is 13.2. The molecule has 0 unspecified atom stereocenters. The van der Waals surface area contributed by atoms with Crippen molar-refractivity contribution in [2.24, 2.45) is 17.8 Å². The van der Waals surface area contributed by atoms with E-state index < -0.39 is 10.0 Å². The summed E-state index contributed by atoms with van der Waals surface area (Å²) < 4.78 is 27.4. The Morgan fingerprint density at radius 1 is 1.09 bits per heavy atom. The van der Waals surface area contributed by atoms with Crippen LogP contribution >= 0.6 is 0 Å². The van der Waals surface area contributed by atoms with Gasteiger partial charge in [-0.3, -0.25) is 9.59 Å². The van der Waals surface area contributed by atoms with Gasteiger partial charge in [-0.2, -0.15) is 9.57 Å². The molecular weight excluding hydrogens is 440 g/mol. The van der Waals surface area contributed by atoms with Gasteiger partial charge in [0.25, 0.3) is 0 Å². The first kappa shape index (κ1) is 23.7. The molecule has 4 rings (SSSR count). The molecule has 33 heavy (non-hydrogen) atoms. The largest absolute Gasteiger partial charge is 0.340 e. The van der Waals surface area contributed by atoms with Gasteiger partial charge in [-0.25, -0.2) is 8.42 Å². The van der Waals surface area contributed by atoms with Crippen LogP contribution in [0.1, 0.15) is 45.1 Å². The van der Waals surface area contributed by atoms with Gasteiger partial charge >= 0.3 is 0 Å². The van der Waals surface area contributed by atoms with Crippen LogP contribution in [0, 0.1) is 29.1 Å². The number of carbonyl (C=O) groups is 2. The fourth-order valence-corrected chi connectivity index (χ4v) is 7.11. The summed E-state index contributed by atoms with van der Waals surface area (Å²) in [6, 6.07) is 8.32. The van der Waals surface area contributed by atoms with E-state index in [1.165, 1.54) is 22.9 Å². The zero-order chi connectivity index (χ0) is 23.8. The molecule has 3 aliphatic rings. The molecule has 1 aliphatic carbocycles. The summed E-state index contributed by atoms with van der Waals surface area (Å²) in [6.07, 6.45) is 3.54. The number of piperazine rings is 1. The summed E-state index contributed by atoms with van der Waals surface area (Å²) >= 11 is 0. The van der Waals surface area contributed by atoms with Gasteiger partial charge < -0.3 is 9.80 Å². The average molecular weight is 473 g/mol. The van der Waals surface area contributed by atoms with Crippen molar-refractivity contribution in [3.63, 3.8) is 0 Å². The molecule has 1 saturated carbocycles. The summed E-state index contributed by atoms with van der Waals surface area (Å²) in [5.74, 6) is 0.656. The van der Waals surface area contributed by atoms with Crippen molar-refractivity contribution < 1.29 is 18.0 Å². The maximum Gasteiger partial charge on any atom is 0.244 e. The van der Waals surface area contributed by atoms with Gasteiger partial charge in [0.2, 0.25) is 21.8 Å². The molecule has 0 aromatic heterocycles. The van der Waals surface area contributed by atoms with Gasteiger partial charge in [0, 0.05) is 45.2 Å². The monoisotopic (exact) mass is 472 g/mol. The third kappa shape index (κ3) is 4.51. The van der Waals surface area contributed by atoms with Crippen molar-refractivity contribution in [2.75, 3.05) is 32.7 Å². The number of amides is 2. The van der Waals surface area contributed by atoms with Gasteiger partial charge in [-0.15, -0.1) is 0 Å². The van der Waals surface area contributed by atoms with E-state index in [9.17, 15) is 23.3 Å². The number of likely N-dealkylation sites (tertiary alicyclic amines) is 1. The minimum atomic E-state index is -3.81. The second kappa shape index (κ2) is 9.43. The lowest BCUT2D eigenvalue weighted by Gasteiger charge is -2.40. The minimum absolute atomic E-state index is 0.000128. The van der Waals surface area contributed by atoms with E-state index in [0.29, 0.717) is 18.4 Å². The molecule has 9 heteroatoms. The minimum Gasteiger partial charge on any atom is -0.340 e. The van der Waals surface area contributed by atoms with Crippen molar-refractivity contribution in [1.29, 1.82) is 5.26 Å². The van der Waals surface area contributed by atoms with Gasteiger partial charge in [0.15, 0.2) is 0 Å². The number of nitrogens with zero attached hydrogens (tertiary/aromatic N) is 4. The molecule has 0 bridgehead atoms. The van der Waals surface area contributed by atoms with Crippen LogP contribution in [0.15, 0.2) is 29.2 Å². The Bertz CT molecular complexity index is 1060. The topological polar surface area (TPSA) is 102 Å². The molecule has 2 heterocycles. The Kier molecular flexibility index (Phi) is 6.78. The van der Waals surface area contributed by atoms with Gasteiger partial charge in [-0.1, -0.05) is 38.8 Å². The fourth-order valence-electron chi connectivity index (χ4n) is 5.54. The van der Waals surface area contributed by atoms with E-state index in [2.05, 4.69) is 13.8 Å². The molecule has 2 saturated heterocycles. The van der Waals surface area contributed by atoms with Gasteiger partial charge in [-0.05, 0) is 30.4 Å². The van der Waals surface area contributed by atoms with Crippen molar-refractivity contribution in [1.82, 2.24) is 14.1 Å². The van der Waals surface area contributed by atoms with Crippen LogP contribution in [0.2, 0.25) is 0 Å². The summed E-state index contributed by atoms with van der Waals surface area (Å²) in [7, 11) is -3.81. The van der Waals surface area contributed by atoms with Gasteiger partial charge in [0.05, 0.1) is 16.4 Å².